The largest absolute Gasteiger partial charge is 0.456 e. The number of rotatable bonds is 4. The van der Waals surface area contributed by atoms with E-state index in [0.717, 1.165) is 9.13 Å². The Morgan fingerprint density at radius 3 is 2.46 bits per heavy atom. The number of benzene rings is 2. The van der Waals surface area contributed by atoms with Gasteiger partial charge in [-0.15, -0.1) is 0 Å². The predicted molar refractivity (Wildman–Crippen MR) is 128 cm³/mol. The van der Waals surface area contributed by atoms with Crippen molar-refractivity contribution in [3.63, 3.8) is 0 Å². The number of pyridine rings is 1. The average Bonchev–Trinajstić information content (AvgIpc) is 3.66. The molecule has 8 nitrogen and oxygen atoms in total. The average molecular weight is 472 g/mol. The first kappa shape index (κ1) is 22.3. The summed E-state index contributed by atoms with van der Waals surface area (Å²) >= 11 is 0. The van der Waals surface area contributed by atoms with Crippen LogP contribution in [-0.2, 0) is 7.05 Å². The molecule has 0 unspecified atom stereocenters. The van der Waals surface area contributed by atoms with Gasteiger partial charge in [-0.3, -0.25) is 18.7 Å². The lowest BCUT2D eigenvalue weighted by atomic mass is 10.1. The monoisotopic (exact) mass is 472 g/mol. The van der Waals surface area contributed by atoms with Crippen LogP contribution in [0.15, 0.2) is 56.8 Å². The molecule has 9 heteroatoms. The van der Waals surface area contributed by atoms with Gasteiger partial charge in [-0.05, 0) is 62.6 Å². The maximum absolute atomic E-state index is 15.1. The molecule has 5 rings (SSSR count). The quantitative estimate of drug-likeness (QED) is 0.452. The fourth-order valence-electron chi connectivity index (χ4n) is 4.30. The maximum Gasteiger partial charge on any atom is 0.337 e. The molecule has 1 aliphatic rings. The number of aromatic nitrogens is 3. The highest BCUT2D eigenvalue weighted by molar-refractivity contribution is 5.85. The fourth-order valence-corrected chi connectivity index (χ4v) is 4.30. The Hall–Kier alpha value is -4.45. The Morgan fingerprint density at radius 2 is 1.80 bits per heavy atom. The SMILES string of the molecule is Cc1ccc(-n2c(=O)n(C3CC3)c(=O)c3c(Oc4cccc(C#N)c4)c(C)c(=O)n(C)c32)c(F)c1. The lowest BCUT2D eigenvalue weighted by molar-refractivity contribution is 0.479. The van der Waals surface area contributed by atoms with E-state index in [4.69, 9.17) is 4.74 Å². The highest BCUT2D eigenvalue weighted by Gasteiger charge is 2.32. The number of hydrogen-bond donors (Lipinski definition) is 0. The van der Waals surface area contributed by atoms with Crippen molar-refractivity contribution in [1.82, 2.24) is 13.7 Å². The van der Waals surface area contributed by atoms with Crippen LogP contribution in [0, 0.1) is 31.0 Å². The summed E-state index contributed by atoms with van der Waals surface area (Å²) in [4.78, 5) is 40.5. The standard InChI is InChI=1S/C26H21FN4O4/c1-14-7-10-20(19(27)11-14)31-23-21(25(33)30(26(31)34)17-8-9-17)22(15(2)24(32)29(23)3)35-18-6-4-5-16(12-18)13-28/h4-7,10-12,17H,8-9H2,1-3H3. The molecule has 1 fully saturated rings. The lowest BCUT2D eigenvalue weighted by Crippen LogP contribution is -2.41. The first-order valence-electron chi connectivity index (χ1n) is 11.1. The normalized spacial score (nSPS) is 13.1. The first-order chi connectivity index (χ1) is 16.7. The van der Waals surface area contributed by atoms with Gasteiger partial charge >= 0.3 is 5.69 Å². The summed E-state index contributed by atoms with van der Waals surface area (Å²) in [6, 6.07) is 12.4. The molecule has 0 atom stereocenters. The molecule has 2 aromatic heterocycles. The minimum Gasteiger partial charge on any atom is -0.456 e. The van der Waals surface area contributed by atoms with Gasteiger partial charge in [-0.2, -0.15) is 5.26 Å². The summed E-state index contributed by atoms with van der Waals surface area (Å²) in [6.45, 7) is 3.24. The molecule has 2 heterocycles. The zero-order valence-corrected chi connectivity index (χ0v) is 19.3. The molecule has 0 aliphatic heterocycles. The summed E-state index contributed by atoms with van der Waals surface area (Å²) in [5.41, 5.74) is -0.833. The van der Waals surface area contributed by atoms with Crippen molar-refractivity contribution in [2.24, 2.45) is 7.05 Å². The summed E-state index contributed by atoms with van der Waals surface area (Å²) in [5.74, 6) is -0.441. The summed E-state index contributed by atoms with van der Waals surface area (Å²) in [6.07, 6.45) is 1.28. The zero-order chi connectivity index (χ0) is 25.0. The van der Waals surface area contributed by atoms with Crippen molar-refractivity contribution < 1.29 is 9.13 Å². The van der Waals surface area contributed by atoms with E-state index in [9.17, 15) is 19.6 Å². The smallest absolute Gasteiger partial charge is 0.337 e. The van der Waals surface area contributed by atoms with Gasteiger partial charge in [-0.25, -0.2) is 13.8 Å². The van der Waals surface area contributed by atoms with E-state index in [-0.39, 0.29) is 39.8 Å². The van der Waals surface area contributed by atoms with E-state index in [1.54, 1.807) is 31.2 Å². The molecule has 0 spiro atoms. The minimum absolute atomic E-state index is 0.0153. The highest BCUT2D eigenvalue weighted by atomic mass is 19.1. The molecule has 4 aromatic rings. The van der Waals surface area contributed by atoms with E-state index in [2.05, 4.69) is 0 Å². The molecule has 1 saturated carbocycles. The molecule has 176 valence electrons. The fraction of sp³-hybridized carbons (Fsp3) is 0.231. The van der Waals surface area contributed by atoms with Crippen LogP contribution in [0.5, 0.6) is 11.5 Å². The molecule has 0 saturated heterocycles. The summed E-state index contributed by atoms with van der Waals surface area (Å²) < 4.78 is 24.5. The van der Waals surface area contributed by atoms with Gasteiger partial charge in [-0.1, -0.05) is 12.1 Å². The van der Waals surface area contributed by atoms with Crippen LogP contribution in [0.2, 0.25) is 0 Å². The van der Waals surface area contributed by atoms with Gasteiger partial charge in [0.15, 0.2) is 5.75 Å². The van der Waals surface area contributed by atoms with Crippen molar-refractivity contribution in [2.75, 3.05) is 0 Å². The Balaban J connectivity index is 1.95. The molecular formula is C26H21FN4O4. The second-order valence-corrected chi connectivity index (χ2v) is 8.74. The molecule has 0 amide bonds. The number of nitriles is 1. The minimum atomic E-state index is -0.718. The number of aryl methyl sites for hydroxylation is 2. The molecule has 0 radical (unpaired) electrons. The topological polar surface area (TPSA) is 99.0 Å². The number of halogens is 1. The second kappa shape index (κ2) is 8.09. The first-order valence-corrected chi connectivity index (χ1v) is 11.1. The van der Waals surface area contributed by atoms with Crippen LogP contribution >= 0.6 is 0 Å². The third-order valence-corrected chi connectivity index (χ3v) is 6.22. The summed E-state index contributed by atoms with van der Waals surface area (Å²) in [5, 5.41) is 9.22. The van der Waals surface area contributed by atoms with E-state index in [0.29, 0.717) is 24.0 Å². The van der Waals surface area contributed by atoms with Crippen molar-refractivity contribution in [3.8, 4) is 23.3 Å². The third kappa shape index (κ3) is 3.54. The Labute approximate surface area is 198 Å². The van der Waals surface area contributed by atoms with E-state index in [1.165, 1.54) is 36.7 Å². The van der Waals surface area contributed by atoms with E-state index < -0.39 is 22.6 Å². The number of fused-ring (bicyclic) bond motifs is 1. The number of nitrogens with zero attached hydrogens (tertiary/aromatic N) is 4. The van der Waals surface area contributed by atoms with Crippen molar-refractivity contribution in [1.29, 1.82) is 5.26 Å². The Morgan fingerprint density at radius 1 is 1.06 bits per heavy atom. The van der Waals surface area contributed by atoms with Crippen molar-refractivity contribution in [3.05, 3.63) is 96.2 Å². The van der Waals surface area contributed by atoms with Gasteiger partial charge < -0.3 is 4.74 Å². The van der Waals surface area contributed by atoms with Crippen LogP contribution in [-0.4, -0.2) is 13.7 Å². The molecule has 1 aliphatic carbocycles. The Bertz CT molecular complexity index is 1750. The lowest BCUT2D eigenvalue weighted by Gasteiger charge is -2.20. The highest BCUT2D eigenvalue weighted by Crippen LogP contribution is 2.35. The number of ether oxygens (including phenoxy) is 1. The molecular weight excluding hydrogens is 451 g/mol. The maximum atomic E-state index is 15.1. The van der Waals surface area contributed by atoms with Gasteiger partial charge in [0.25, 0.3) is 11.1 Å². The van der Waals surface area contributed by atoms with Gasteiger partial charge in [0.2, 0.25) is 0 Å². The zero-order valence-electron chi connectivity index (χ0n) is 19.3. The molecule has 35 heavy (non-hydrogen) atoms. The van der Waals surface area contributed by atoms with Crippen LogP contribution in [0.1, 0.15) is 35.6 Å². The molecule has 2 aromatic carbocycles. The second-order valence-electron chi connectivity index (χ2n) is 8.74. The van der Waals surface area contributed by atoms with Crippen molar-refractivity contribution >= 4 is 11.0 Å². The predicted octanol–water partition coefficient (Wildman–Crippen LogP) is 3.61. The number of hydrogen-bond acceptors (Lipinski definition) is 5. The van der Waals surface area contributed by atoms with Crippen LogP contribution in [0.3, 0.4) is 0 Å². The Kier molecular flexibility index (Phi) is 5.17. The van der Waals surface area contributed by atoms with E-state index in [1.807, 2.05) is 6.07 Å². The van der Waals surface area contributed by atoms with Gasteiger partial charge in [0, 0.05) is 13.1 Å². The van der Waals surface area contributed by atoms with Gasteiger partial charge in [0.05, 0.1) is 22.9 Å². The van der Waals surface area contributed by atoms with Crippen LogP contribution in [0.25, 0.3) is 16.7 Å². The van der Waals surface area contributed by atoms with E-state index >= 15 is 4.39 Å². The molecule has 0 bridgehead atoms. The summed E-state index contributed by atoms with van der Waals surface area (Å²) in [7, 11) is 1.43. The van der Waals surface area contributed by atoms with Gasteiger partial charge in [0.1, 0.15) is 22.6 Å². The van der Waals surface area contributed by atoms with Crippen LogP contribution < -0.4 is 21.5 Å². The van der Waals surface area contributed by atoms with Crippen LogP contribution in [0.4, 0.5) is 4.39 Å². The van der Waals surface area contributed by atoms with Crippen molar-refractivity contribution in [2.45, 2.75) is 32.7 Å². The third-order valence-electron chi connectivity index (χ3n) is 6.22. The molecule has 0 N–H and O–H groups in total.